The smallest absolute Gasteiger partial charge is 0.269 e. The molecule has 4 rings (SSSR count). The van der Waals surface area contributed by atoms with Gasteiger partial charge in [0.1, 0.15) is 12.4 Å². The van der Waals surface area contributed by atoms with Gasteiger partial charge < -0.3 is 9.80 Å². The van der Waals surface area contributed by atoms with Gasteiger partial charge in [0.15, 0.2) is 0 Å². The summed E-state index contributed by atoms with van der Waals surface area (Å²) in [6.07, 6.45) is 4.38. The molecule has 1 aliphatic rings. The highest BCUT2D eigenvalue weighted by atomic mass is 32.1. The maximum Gasteiger partial charge on any atom is 0.269 e. The van der Waals surface area contributed by atoms with Gasteiger partial charge in [-0.15, -0.1) is 11.3 Å². The first-order chi connectivity index (χ1) is 17.8. The summed E-state index contributed by atoms with van der Waals surface area (Å²) in [5.41, 5.74) is 2.48. The van der Waals surface area contributed by atoms with E-state index in [2.05, 4.69) is 0 Å². The summed E-state index contributed by atoms with van der Waals surface area (Å²) >= 11 is 1.65. The summed E-state index contributed by atoms with van der Waals surface area (Å²) in [6, 6.07) is 13.6. The van der Waals surface area contributed by atoms with Crippen LogP contribution in [-0.2, 0) is 16.0 Å². The molecule has 2 atom stereocenters. The molecule has 3 aromatic rings. The van der Waals surface area contributed by atoms with Crippen LogP contribution in [0.5, 0.6) is 0 Å². The molecule has 37 heavy (non-hydrogen) atoms. The van der Waals surface area contributed by atoms with E-state index in [1.807, 2.05) is 25.3 Å². The number of thiophene rings is 1. The molecule has 0 saturated carbocycles. The van der Waals surface area contributed by atoms with E-state index in [4.69, 9.17) is 0 Å². The van der Waals surface area contributed by atoms with Crippen LogP contribution in [0, 0.1) is 15.9 Å². The molecule has 0 fully saturated rings. The van der Waals surface area contributed by atoms with E-state index in [1.165, 1.54) is 35.2 Å². The standard InChI is InChI=1S/C28H28FN3O4S/c1-3-19(2)31(26(33)13-6-20-4-11-23(12-5-20)32(35)36)18-27(34)30-16-14-25-24(15-17-37-25)28(30)21-7-9-22(29)10-8-21/h4-13,15,17,19,28H,3,14,16,18H2,1-2H3. The van der Waals surface area contributed by atoms with Gasteiger partial charge in [-0.1, -0.05) is 19.1 Å². The fourth-order valence-corrected chi connectivity index (χ4v) is 5.37. The highest BCUT2D eigenvalue weighted by molar-refractivity contribution is 7.10. The molecule has 0 N–H and O–H groups in total. The lowest BCUT2D eigenvalue weighted by Gasteiger charge is -2.38. The maximum atomic E-state index is 13.7. The van der Waals surface area contributed by atoms with Crippen LogP contribution in [0.15, 0.2) is 66.1 Å². The Morgan fingerprint density at radius 2 is 1.89 bits per heavy atom. The third-order valence-corrected chi connectivity index (χ3v) is 7.70. The van der Waals surface area contributed by atoms with Gasteiger partial charge in [-0.3, -0.25) is 19.7 Å². The fourth-order valence-electron chi connectivity index (χ4n) is 4.47. The number of non-ortho nitro benzene ring substituents is 1. The number of nitro groups is 1. The van der Waals surface area contributed by atoms with E-state index < -0.39 is 4.92 Å². The summed E-state index contributed by atoms with van der Waals surface area (Å²) in [6.45, 7) is 4.27. The van der Waals surface area contributed by atoms with Crippen molar-refractivity contribution in [2.45, 2.75) is 38.8 Å². The minimum atomic E-state index is -0.478. The third-order valence-electron chi connectivity index (χ3n) is 6.71. The molecule has 0 saturated heterocycles. The predicted octanol–water partition coefficient (Wildman–Crippen LogP) is 5.61. The largest absolute Gasteiger partial charge is 0.330 e. The molecule has 0 aliphatic carbocycles. The second-order valence-electron chi connectivity index (χ2n) is 9.00. The fraction of sp³-hybridized carbons (Fsp3) is 0.286. The van der Waals surface area contributed by atoms with Gasteiger partial charge in [0.2, 0.25) is 11.8 Å². The first-order valence-electron chi connectivity index (χ1n) is 12.1. The van der Waals surface area contributed by atoms with Crippen LogP contribution < -0.4 is 0 Å². The molecule has 2 aromatic carbocycles. The van der Waals surface area contributed by atoms with E-state index in [0.29, 0.717) is 18.5 Å². The molecule has 9 heteroatoms. The van der Waals surface area contributed by atoms with Crippen molar-refractivity contribution < 1.29 is 18.9 Å². The SMILES string of the molecule is CCC(C)N(CC(=O)N1CCc2sccc2C1c1ccc(F)cc1)C(=O)C=Cc1ccc([N+](=O)[O-])cc1. The summed E-state index contributed by atoms with van der Waals surface area (Å²) in [5, 5.41) is 12.9. The monoisotopic (exact) mass is 521 g/mol. The Morgan fingerprint density at radius 1 is 1.19 bits per heavy atom. The van der Waals surface area contributed by atoms with Gasteiger partial charge in [0.05, 0.1) is 11.0 Å². The molecule has 1 aliphatic heterocycles. The number of amides is 2. The summed E-state index contributed by atoms with van der Waals surface area (Å²) in [4.78, 5) is 41.8. The van der Waals surface area contributed by atoms with Crippen LogP contribution in [-0.4, -0.2) is 45.7 Å². The zero-order valence-electron chi connectivity index (χ0n) is 20.7. The molecule has 2 unspecified atom stereocenters. The first-order valence-corrected chi connectivity index (χ1v) is 13.0. The van der Waals surface area contributed by atoms with Crippen molar-refractivity contribution in [3.63, 3.8) is 0 Å². The van der Waals surface area contributed by atoms with Crippen molar-refractivity contribution in [2.75, 3.05) is 13.1 Å². The van der Waals surface area contributed by atoms with Crippen molar-refractivity contribution in [1.82, 2.24) is 9.80 Å². The van der Waals surface area contributed by atoms with E-state index in [9.17, 15) is 24.1 Å². The Labute approximate surface area is 219 Å². The highest BCUT2D eigenvalue weighted by Gasteiger charge is 2.34. The molecule has 0 radical (unpaired) electrons. The topological polar surface area (TPSA) is 83.8 Å². The Bertz CT molecular complexity index is 1300. The summed E-state index contributed by atoms with van der Waals surface area (Å²) < 4.78 is 13.6. The van der Waals surface area contributed by atoms with Crippen molar-refractivity contribution >= 4 is 34.9 Å². The zero-order valence-corrected chi connectivity index (χ0v) is 21.5. The van der Waals surface area contributed by atoms with Crippen LogP contribution in [0.3, 0.4) is 0 Å². The number of hydrogen-bond acceptors (Lipinski definition) is 5. The number of carbonyl (C=O) groups is 2. The van der Waals surface area contributed by atoms with Crippen molar-refractivity contribution in [3.8, 4) is 0 Å². The Hall–Kier alpha value is -3.85. The molecular formula is C28H28FN3O4S. The van der Waals surface area contributed by atoms with Crippen LogP contribution in [0.4, 0.5) is 10.1 Å². The lowest BCUT2D eigenvalue weighted by Crippen LogP contribution is -2.48. The Balaban J connectivity index is 1.55. The van der Waals surface area contributed by atoms with Gasteiger partial charge in [0.25, 0.3) is 5.69 Å². The molecule has 2 heterocycles. The average Bonchev–Trinajstić information content (AvgIpc) is 3.39. The van der Waals surface area contributed by atoms with Crippen molar-refractivity contribution in [3.05, 3.63) is 104 Å². The van der Waals surface area contributed by atoms with Crippen LogP contribution >= 0.6 is 11.3 Å². The van der Waals surface area contributed by atoms with Crippen LogP contribution in [0.25, 0.3) is 6.08 Å². The van der Waals surface area contributed by atoms with E-state index in [-0.39, 0.29) is 41.9 Å². The second kappa shape index (κ2) is 11.5. The lowest BCUT2D eigenvalue weighted by atomic mass is 9.93. The van der Waals surface area contributed by atoms with E-state index >= 15 is 0 Å². The number of nitro benzene ring substituents is 1. The molecule has 1 aromatic heterocycles. The normalized spacial score (nSPS) is 15.9. The van der Waals surface area contributed by atoms with E-state index in [1.54, 1.807) is 51.5 Å². The number of halogens is 1. The number of fused-ring (bicyclic) bond motifs is 1. The molecule has 192 valence electrons. The Morgan fingerprint density at radius 3 is 2.54 bits per heavy atom. The van der Waals surface area contributed by atoms with Gasteiger partial charge >= 0.3 is 0 Å². The minimum Gasteiger partial charge on any atom is -0.330 e. The zero-order chi connectivity index (χ0) is 26.5. The summed E-state index contributed by atoms with van der Waals surface area (Å²) in [7, 11) is 0. The number of rotatable bonds is 8. The number of carbonyl (C=O) groups excluding carboxylic acids is 2. The van der Waals surface area contributed by atoms with E-state index in [0.717, 1.165) is 17.5 Å². The van der Waals surface area contributed by atoms with Crippen LogP contribution in [0.1, 0.15) is 47.9 Å². The quantitative estimate of drug-likeness (QED) is 0.219. The maximum absolute atomic E-state index is 13.7. The molecule has 0 bridgehead atoms. The van der Waals surface area contributed by atoms with Crippen molar-refractivity contribution in [1.29, 1.82) is 0 Å². The van der Waals surface area contributed by atoms with Gasteiger partial charge in [0, 0.05) is 35.7 Å². The van der Waals surface area contributed by atoms with Gasteiger partial charge in [-0.25, -0.2) is 4.39 Å². The van der Waals surface area contributed by atoms with Gasteiger partial charge in [-0.05, 0) is 78.2 Å². The third kappa shape index (κ3) is 5.94. The number of hydrogen-bond donors (Lipinski definition) is 0. The molecular weight excluding hydrogens is 493 g/mol. The minimum absolute atomic E-state index is 0.0266. The lowest BCUT2D eigenvalue weighted by molar-refractivity contribution is -0.384. The molecule has 7 nitrogen and oxygen atoms in total. The molecule has 2 amide bonds. The van der Waals surface area contributed by atoms with Gasteiger partial charge in [-0.2, -0.15) is 0 Å². The van der Waals surface area contributed by atoms with Crippen molar-refractivity contribution in [2.24, 2.45) is 0 Å². The molecule has 0 spiro atoms. The van der Waals surface area contributed by atoms with Crippen LogP contribution in [0.2, 0.25) is 0 Å². The summed E-state index contributed by atoms with van der Waals surface area (Å²) in [5.74, 6) is -0.826. The number of benzene rings is 2. The second-order valence-corrected chi connectivity index (χ2v) is 10.00. The number of nitrogens with zero attached hydrogens (tertiary/aromatic N) is 3. The Kier molecular flexibility index (Phi) is 8.13. The first kappa shape index (κ1) is 26.2. The average molecular weight is 522 g/mol. The highest BCUT2D eigenvalue weighted by Crippen LogP contribution is 2.38. The predicted molar refractivity (Wildman–Crippen MR) is 142 cm³/mol.